The SMILES string of the molecule is CCOc1cc(/C=N\NC(=O)c2ccc(NC(=O)c3ccccc3)cc2)ccc1OC(=O)c1ccc(Br)cc1. The van der Waals surface area contributed by atoms with Crippen LogP contribution in [-0.2, 0) is 0 Å². The average molecular weight is 586 g/mol. The number of benzene rings is 4. The normalized spacial score (nSPS) is 10.6. The Kier molecular flexibility index (Phi) is 9.20. The molecule has 0 saturated heterocycles. The number of nitrogens with zero attached hydrogens (tertiary/aromatic N) is 1. The lowest BCUT2D eigenvalue weighted by atomic mass is 10.1. The van der Waals surface area contributed by atoms with E-state index in [1.54, 1.807) is 91.0 Å². The Morgan fingerprint density at radius 2 is 1.46 bits per heavy atom. The molecule has 0 radical (unpaired) electrons. The molecule has 2 N–H and O–H groups in total. The monoisotopic (exact) mass is 585 g/mol. The largest absolute Gasteiger partial charge is 0.490 e. The summed E-state index contributed by atoms with van der Waals surface area (Å²) in [7, 11) is 0. The van der Waals surface area contributed by atoms with Gasteiger partial charge >= 0.3 is 5.97 Å². The Balaban J connectivity index is 1.36. The van der Waals surface area contributed by atoms with E-state index in [-0.39, 0.29) is 11.7 Å². The number of hydrogen-bond donors (Lipinski definition) is 2. The highest BCUT2D eigenvalue weighted by atomic mass is 79.9. The van der Waals surface area contributed by atoms with E-state index in [9.17, 15) is 14.4 Å². The maximum Gasteiger partial charge on any atom is 0.343 e. The van der Waals surface area contributed by atoms with Crippen LogP contribution in [0, 0.1) is 0 Å². The van der Waals surface area contributed by atoms with E-state index in [0.29, 0.717) is 40.3 Å². The highest BCUT2D eigenvalue weighted by molar-refractivity contribution is 9.10. The average Bonchev–Trinajstić information content (AvgIpc) is 2.95. The molecule has 0 fully saturated rings. The number of hydrazone groups is 1. The van der Waals surface area contributed by atoms with Crippen LogP contribution in [-0.4, -0.2) is 30.6 Å². The van der Waals surface area contributed by atoms with Crippen LogP contribution in [0.1, 0.15) is 43.6 Å². The second-order valence-corrected chi connectivity index (χ2v) is 9.05. The van der Waals surface area contributed by atoms with Crippen molar-refractivity contribution in [1.82, 2.24) is 5.43 Å². The van der Waals surface area contributed by atoms with E-state index in [0.717, 1.165) is 4.47 Å². The maximum absolute atomic E-state index is 12.5. The summed E-state index contributed by atoms with van der Waals surface area (Å²) in [5, 5.41) is 6.80. The summed E-state index contributed by atoms with van der Waals surface area (Å²) in [4.78, 5) is 37.3. The van der Waals surface area contributed by atoms with E-state index in [2.05, 4.69) is 31.8 Å². The summed E-state index contributed by atoms with van der Waals surface area (Å²) < 4.78 is 12.0. The van der Waals surface area contributed by atoms with Crippen LogP contribution in [0.3, 0.4) is 0 Å². The molecule has 4 rings (SSSR count). The molecule has 9 heteroatoms. The number of ether oxygens (including phenoxy) is 2. The lowest BCUT2D eigenvalue weighted by Gasteiger charge is -2.11. The molecule has 196 valence electrons. The van der Waals surface area contributed by atoms with Crippen molar-refractivity contribution in [3.8, 4) is 11.5 Å². The summed E-state index contributed by atoms with van der Waals surface area (Å²) in [6.45, 7) is 2.18. The van der Waals surface area contributed by atoms with Gasteiger partial charge in [0, 0.05) is 21.3 Å². The first-order chi connectivity index (χ1) is 18.9. The van der Waals surface area contributed by atoms with Crippen LogP contribution in [0.25, 0.3) is 0 Å². The molecule has 0 bridgehead atoms. The predicted molar refractivity (Wildman–Crippen MR) is 153 cm³/mol. The number of carbonyl (C=O) groups is 3. The van der Waals surface area contributed by atoms with Gasteiger partial charge in [0.05, 0.1) is 18.4 Å². The van der Waals surface area contributed by atoms with E-state index in [1.807, 2.05) is 13.0 Å². The molecule has 8 nitrogen and oxygen atoms in total. The van der Waals surface area contributed by atoms with Crippen LogP contribution >= 0.6 is 15.9 Å². The summed E-state index contributed by atoms with van der Waals surface area (Å²) >= 11 is 3.34. The minimum absolute atomic E-state index is 0.238. The molecule has 0 aliphatic heterocycles. The third-order valence-corrected chi connectivity index (χ3v) is 5.90. The molecule has 0 aliphatic rings. The number of nitrogens with one attached hydrogen (secondary N) is 2. The third kappa shape index (κ3) is 7.62. The summed E-state index contributed by atoms with van der Waals surface area (Å²) in [5.74, 6) is -0.533. The lowest BCUT2D eigenvalue weighted by Crippen LogP contribution is -2.18. The van der Waals surface area contributed by atoms with Crippen molar-refractivity contribution in [3.05, 3.63) is 124 Å². The summed E-state index contributed by atoms with van der Waals surface area (Å²) in [5.41, 5.74) is 4.97. The first-order valence-electron chi connectivity index (χ1n) is 12.0. The first-order valence-corrected chi connectivity index (χ1v) is 12.8. The van der Waals surface area contributed by atoms with Crippen molar-refractivity contribution in [2.75, 3.05) is 11.9 Å². The van der Waals surface area contributed by atoms with Gasteiger partial charge in [-0.15, -0.1) is 0 Å². The van der Waals surface area contributed by atoms with Crippen LogP contribution in [0.15, 0.2) is 107 Å². The highest BCUT2D eigenvalue weighted by Crippen LogP contribution is 2.29. The van der Waals surface area contributed by atoms with Crippen molar-refractivity contribution < 1.29 is 23.9 Å². The number of esters is 1. The summed E-state index contributed by atoms with van der Waals surface area (Å²) in [6.07, 6.45) is 1.45. The molecule has 4 aromatic rings. The van der Waals surface area contributed by atoms with Gasteiger partial charge in [0.2, 0.25) is 0 Å². The second kappa shape index (κ2) is 13.2. The standard InChI is InChI=1S/C30H24BrN3O5/c1-2-38-27-18-20(8-17-26(27)39-30(37)23-9-13-24(31)14-10-23)19-32-34-29(36)22-11-15-25(16-12-22)33-28(35)21-6-4-3-5-7-21/h3-19H,2H2,1H3,(H,33,35)(H,34,36)/b32-19-. The van der Waals surface area contributed by atoms with Crippen LogP contribution in [0.5, 0.6) is 11.5 Å². The Morgan fingerprint density at radius 1 is 0.795 bits per heavy atom. The Morgan fingerprint density at radius 3 is 2.15 bits per heavy atom. The van der Waals surface area contributed by atoms with E-state index in [4.69, 9.17) is 9.47 Å². The van der Waals surface area contributed by atoms with Crippen molar-refractivity contribution >= 4 is 45.6 Å². The molecule has 4 aromatic carbocycles. The fourth-order valence-corrected chi connectivity index (χ4v) is 3.69. The molecule has 2 amide bonds. The molecule has 0 saturated carbocycles. The first kappa shape index (κ1) is 27.3. The number of halogens is 1. The molecule has 0 unspecified atom stereocenters. The van der Waals surface area contributed by atoms with E-state index in [1.165, 1.54) is 6.21 Å². The quantitative estimate of drug-likeness (QED) is 0.107. The zero-order valence-electron chi connectivity index (χ0n) is 20.9. The van der Waals surface area contributed by atoms with Crippen LogP contribution in [0.4, 0.5) is 5.69 Å². The van der Waals surface area contributed by atoms with Gasteiger partial charge in [-0.2, -0.15) is 5.10 Å². The molecular formula is C30H24BrN3O5. The van der Waals surface area contributed by atoms with Gasteiger partial charge < -0.3 is 14.8 Å². The van der Waals surface area contributed by atoms with E-state index >= 15 is 0 Å². The smallest absolute Gasteiger partial charge is 0.343 e. The zero-order chi connectivity index (χ0) is 27.6. The molecule has 0 aliphatic carbocycles. The van der Waals surface area contributed by atoms with Gasteiger partial charge in [-0.3, -0.25) is 9.59 Å². The van der Waals surface area contributed by atoms with Gasteiger partial charge in [0.1, 0.15) is 0 Å². The Labute approximate surface area is 233 Å². The highest BCUT2D eigenvalue weighted by Gasteiger charge is 2.13. The Bertz CT molecular complexity index is 1490. The molecule has 0 heterocycles. The Hall–Kier alpha value is -4.76. The molecule has 0 atom stereocenters. The zero-order valence-corrected chi connectivity index (χ0v) is 22.5. The predicted octanol–water partition coefficient (Wildman–Crippen LogP) is 6.08. The number of amides is 2. The summed E-state index contributed by atoms with van der Waals surface area (Å²) in [6, 6.07) is 27.1. The topological polar surface area (TPSA) is 106 Å². The second-order valence-electron chi connectivity index (χ2n) is 8.13. The van der Waals surface area contributed by atoms with Gasteiger partial charge in [-0.1, -0.05) is 34.1 Å². The minimum atomic E-state index is -0.511. The van der Waals surface area contributed by atoms with Crippen molar-refractivity contribution in [2.24, 2.45) is 5.10 Å². The van der Waals surface area contributed by atoms with Crippen LogP contribution in [0.2, 0.25) is 0 Å². The number of hydrogen-bond acceptors (Lipinski definition) is 6. The van der Waals surface area contributed by atoms with Crippen LogP contribution < -0.4 is 20.2 Å². The molecular weight excluding hydrogens is 562 g/mol. The number of rotatable bonds is 9. The van der Waals surface area contributed by atoms with Crippen molar-refractivity contribution in [3.63, 3.8) is 0 Å². The van der Waals surface area contributed by atoms with Gasteiger partial charge in [0.15, 0.2) is 11.5 Å². The van der Waals surface area contributed by atoms with E-state index < -0.39 is 11.9 Å². The number of anilines is 1. The maximum atomic E-state index is 12.5. The minimum Gasteiger partial charge on any atom is -0.490 e. The van der Waals surface area contributed by atoms with Gasteiger partial charge in [0.25, 0.3) is 11.8 Å². The number of carbonyl (C=O) groups excluding carboxylic acids is 3. The molecule has 0 aromatic heterocycles. The molecule has 39 heavy (non-hydrogen) atoms. The van der Waals surface area contributed by atoms with Crippen molar-refractivity contribution in [1.29, 1.82) is 0 Å². The fourth-order valence-electron chi connectivity index (χ4n) is 3.43. The van der Waals surface area contributed by atoms with Gasteiger partial charge in [-0.25, -0.2) is 10.2 Å². The molecule has 0 spiro atoms. The third-order valence-electron chi connectivity index (χ3n) is 5.37. The fraction of sp³-hybridized carbons (Fsp3) is 0.0667. The van der Waals surface area contributed by atoms with Gasteiger partial charge in [-0.05, 0) is 91.3 Å². The van der Waals surface area contributed by atoms with Crippen molar-refractivity contribution in [2.45, 2.75) is 6.92 Å². The lowest BCUT2D eigenvalue weighted by molar-refractivity contribution is 0.0728.